The summed E-state index contributed by atoms with van der Waals surface area (Å²) in [7, 11) is 1.03. The number of rotatable bonds is 5. The van der Waals surface area contributed by atoms with Crippen molar-refractivity contribution < 1.29 is 32.6 Å². The number of aliphatic hydroxyl groups excluding tert-OH is 1. The molecule has 1 aromatic rings. The summed E-state index contributed by atoms with van der Waals surface area (Å²) < 4.78 is 41.0. The van der Waals surface area contributed by atoms with Crippen LogP contribution in [0.5, 0.6) is 0 Å². The number of esters is 1. The molecule has 0 radical (unpaired) electrons. The first-order valence-corrected chi connectivity index (χ1v) is 6.12. The van der Waals surface area contributed by atoms with Crippen LogP contribution in [0.25, 0.3) is 0 Å². The topological polar surface area (TPSA) is 75.6 Å². The summed E-state index contributed by atoms with van der Waals surface area (Å²) in [5, 5.41) is 11.1. The van der Waals surface area contributed by atoms with E-state index in [-0.39, 0.29) is 5.56 Å². The number of benzene rings is 1. The van der Waals surface area contributed by atoms with Crippen LogP contribution in [0.4, 0.5) is 13.2 Å². The summed E-state index contributed by atoms with van der Waals surface area (Å²) in [6, 6.07) is 6.34. The number of carbonyl (C=O) groups excluding carboxylic acids is 2. The van der Waals surface area contributed by atoms with Gasteiger partial charge in [-0.05, 0) is 18.2 Å². The van der Waals surface area contributed by atoms with Crippen LogP contribution in [-0.4, -0.2) is 42.4 Å². The highest BCUT2D eigenvalue weighted by molar-refractivity contribution is 5.97. The van der Waals surface area contributed by atoms with Crippen molar-refractivity contribution in [3.63, 3.8) is 0 Å². The predicted octanol–water partition coefficient (Wildman–Crippen LogP) is 1.44. The van der Waals surface area contributed by atoms with Crippen LogP contribution < -0.4 is 5.32 Å². The van der Waals surface area contributed by atoms with E-state index >= 15 is 0 Å². The minimum Gasteiger partial charge on any atom is -0.467 e. The van der Waals surface area contributed by atoms with E-state index in [1.54, 1.807) is 18.2 Å². The maximum absolute atomic E-state index is 12.2. The molecule has 2 atom stereocenters. The van der Waals surface area contributed by atoms with Crippen LogP contribution in [-0.2, 0) is 9.53 Å². The number of aliphatic hydroxyl groups is 1. The molecule has 0 aliphatic carbocycles. The number of amides is 1. The Morgan fingerprint density at radius 2 is 1.82 bits per heavy atom. The molecular weight excluding hydrogens is 303 g/mol. The molecule has 8 heteroatoms. The fourth-order valence-corrected chi connectivity index (χ4v) is 1.45. The molecule has 0 saturated carbocycles. The molecule has 0 aliphatic rings. The highest BCUT2D eigenvalue weighted by Crippen LogP contribution is 2.20. The molecular formula is C14H14F3NO4. The van der Waals surface area contributed by atoms with Gasteiger partial charge in [0, 0.05) is 5.56 Å². The third-order valence-electron chi connectivity index (χ3n) is 2.60. The molecule has 0 aliphatic heterocycles. The number of alkyl halides is 3. The average molecular weight is 317 g/mol. The summed E-state index contributed by atoms with van der Waals surface area (Å²) >= 11 is 0. The van der Waals surface area contributed by atoms with Crippen LogP contribution in [0.15, 0.2) is 42.5 Å². The Morgan fingerprint density at radius 1 is 1.23 bits per heavy atom. The van der Waals surface area contributed by atoms with E-state index in [4.69, 9.17) is 5.11 Å². The predicted molar refractivity (Wildman–Crippen MR) is 70.9 cm³/mol. The number of methoxy groups -OCH3 is 1. The minimum atomic E-state index is -4.86. The first-order chi connectivity index (χ1) is 10.3. The molecule has 0 spiro atoms. The fraction of sp³-hybridized carbons (Fsp3) is 0.286. The standard InChI is InChI=1S/C14H14F3NO4/c1-22-13(21)10(7-8-11(19)14(15,16)17)18-12(20)9-5-3-2-4-6-9/h2-8,10-11,19H,1H3,(H,18,20)/b8-7+. The molecule has 0 fully saturated rings. The third-order valence-corrected chi connectivity index (χ3v) is 2.60. The lowest BCUT2D eigenvalue weighted by molar-refractivity contribution is -0.187. The van der Waals surface area contributed by atoms with E-state index in [9.17, 15) is 22.8 Å². The molecule has 1 aromatic carbocycles. The highest BCUT2D eigenvalue weighted by Gasteiger charge is 2.36. The van der Waals surface area contributed by atoms with E-state index in [1.807, 2.05) is 0 Å². The number of ether oxygens (including phenoxy) is 1. The van der Waals surface area contributed by atoms with Crippen LogP contribution in [0.2, 0.25) is 0 Å². The van der Waals surface area contributed by atoms with Gasteiger partial charge in [-0.3, -0.25) is 4.79 Å². The lowest BCUT2D eigenvalue weighted by Crippen LogP contribution is -2.40. The summed E-state index contributed by atoms with van der Waals surface area (Å²) in [5.74, 6) is -1.63. The third kappa shape index (κ3) is 5.21. The molecule has 22 heavy (non-hydrogen) atoms. The Labute approximate surface area is 124 Å². The van der Waals surface area contributed by atoms with Crippen molar-refractivity contribution in [3.05, 3.63) is 48.0 Å². The Hall–Kier alpha value is -2.35. The van der Waals surface area contributed by atoms with Gasteiger partial charge in [0.25, 0.3) is 5.91 Å². The number of halogens is 3. The number of hydrogen-bond donors (Lipinski definition) is 2. The van der Waals surface area contributed by atoms with E-state index < -0.39 is 30.2 Å². The number of nitrogens with one attached hydrogen (secondary N) is 1. The maximum atomic E-state index is 12.2. The number of hydrogen-bond acceptors (Lipinski definition) is 4. The van der Waals surface area contributed by atoms with Crippen LogP contribution in [0.3, 0.4) is 0 Å². The molecule has 0 heterocycles. The molecule has 0 aromatic heterocycles. The second-order valence-electron chi connectivity index (χ2n) is 4.21. The van der Waals surface area contributed by atoms with Gasteiger partial charge in [0.1, 0.15) is 6.04 Å². The van der Waals surface area contributed by atoms with Crippen molar-refractivity contribution in [2.45, 2.75) is 18.3 Å². The first-order valence-electron chi connectivity index (χ1n) is 6.12. The van der Waals surface area contributed by atoms with Gasteiger partial charge in [-0.2, -0.15) is 13.2 Å². The van der Waals surface area contributed by atoms with Gasteiger partial charge < -0.3 is 15.2 Å². The minimum absolute atomic E-state index is 0.223. The van der Waals surface area contributed by atoms with Crippen LogP contribution in [0.1, 0.15) is 10.4 Å². The second kappa shape index (κ2) is 7.60. The molecule has 1 rings (SSSR count). The van der Waals surface area contributed by atoms with Gasteiger partial charge in [0.05, 0.1) is 7.11 Å². The largest absolute Gasteiger partial charge is 0.467 e. The van der Waals surface area contributed by atoms with Gasteiger partial charge >= 0.3 is 12.1 Å². The van der Waals surface area contributed by atoms with E-state index in [0.29, 0.717) is 6.08 Å². The van der Waals surface area contributed by atoms with Crippen LogP contribution in [0, 0.1) is 0 Å². The monoisotopic (exact) mass is 317 g/mol. The molecule has 1 amide bonds. The zero-order valence-corrected chi connectivity index (χ0v) is 11.5. The second-order valence-corrected chi connectivity index (χ2v) is 4.21. The van der Waals surface area contributed by atoms with Crippen molar-refractivity contribution in [2.24, 2.45) is 0 Å². The van der Waals surface area contributed by atoms with Gasteiger partial charge in [-0.1, -0.05) is 24.3 Å². The Morgan fingerprint density at radius 3 is 2.32 bits per heavy atom. The van der Waals surface area contributed by atoms with Gasteiger partial charge in [-0.15, -0.1) is 0 Å². The van der Waals surface area contributed by atoms with E-state index in [0.717, 1.165) is 13.2 Å². The first kappa shape index (κ1) is 17.7. The summed E-state index contributed by atoms with van der Waals surface area (Å²) in [6.07, 6.45) is -6.51. The zero-order chi connectivity index (χ0) is 16.8. The van der Waals surface area contributed by atoms with Crippen molar-refractivity contribution >= 4 is 11.9 Å². The molecule has 2 unspecified atom stereocenters. The highest BCUT2D eigenvalue weighted by atomic mass is 19.4. The lowest BCUT2D eigenvalue weighted by Gasteiger charge is -2.15. The lowest BCUT2D eigenvalue weighted by atomic mass is 10.1. The van der Waals surface area contributed by atoms with Crippen molar-refractivity contribution in [2.75, 3.05) is 7.11 Å². The Bertz CT molecular complexity index is 543. The normalized spacial score (nSPS) is 14.4. The average Bonchev–Trinajstić information content (AvgIpc) is 2.49. The SMILES string of the molecule is COC(=O)C(/C=C/C(O)C(F)(F)F)NC(=O)c1ccccc1. The van der Waals surface area contributed by atoms with Crippen LogP contribution >= 0.6 is 0 Å². The zero-order valence-electron chi connectivity index (χ0n) is 11.5. The van der Waals surface area contributed by atoms with Crippen molar-refractivity contribution in [1.29, 1.82) is 0 Å². The van der Waals surface area contributed by atoms with E-state index in [2.05, 4.69) is 10.1 Å². The molecule has 0 saturated heterocycles. The molecule has 5 nitrogen and oxygen atoms in total. The van der Waals surface area contributed by atoms with Gasteiger partial charge in [0.15, 0.2) is 6.10 Å². The quantitative estimate of drug-likeness (QED) is 0.636. The summed E-state index contributed by atoms with van der Waals surface area (Å²) in [6.45, 7) is 0. The van der Waals surface area contributed by atoms with Crippen molar-refractivity contribution in [3.8, 4) is 0 Å². The van der Waals surface area contributed by atoms with Gasteiger partial charge in [-0.25, -0.2) is 4.79 Å². The van der Waals surface area contributed by atoms with Gasteiger partial charge in [0.2, 0.25) is 0 Å². The molecule has 2 N–H and O–H groups in total. The smallest absolute Gasteiger partial charge is 0.417 e. The Kier molecular flexibility index (Phi) is 6.11. The Balaban J connectivity index is 2.84. The molecule has 0 bridgehead atoms. The molecule has 120 valence electrons. The van der Waals surface area contributed by atoms with Crippen molar-refractivity contribution in [1.82, 2.24) is 5.32 Å². The summed E-state index contributed by atoms with van der Waals surface area (Å²) in [4.78, 5) is 23.4. The fourth-order valence-electron chi connectivity index (χ4n) is 1.45. The maximum Gasteiger partial charge on any atom is 0.417 e. The number of carbonyl (C=O) groups is 2. The van der Waals surface area contributed by atoms with E-state index in [1.165, 1.54) is 12.1 Å². The summed E-state index contributed by atoms with van der Waals surface area (Å²) in [5.41, 5.74) is 0.223.